The van der Waals surface area contributed by atoms with Crippen LogP contribution in [-0.2, 0) is 4.43 Å². The summed E-state index contributed by atoms with van der Waals surface area (Å²) in [5, 5.41) is 0.888. The summed E-state index contributed by atoms with van der Waals surface area (Å²) in [5.74, 6) is 0.602. The van der Waals surface area contributed by atoms with Gasteiger partial charge in [0.2, 0.25) is 10.5 Å². The van der Waals surface area contributed by atoms with E-state index in [1.54, 1.807) is 0 Å². The third-order valence-corrected chi connectivity index (χ3v) is 3.63. The molecule has 3 heteroatoms. The molecule has 1 aliphatic carbocycles. The minimum atomic E-state index is 0.602. The zero-order chi connectivity index (χ0) is 8.10. The van der Waals surface area contributed by atoms with Gasteiger partial charge in [-0.15, -0.1) is 0 Å². The molecule has 0 aromatic rings. The van der Waals surface area contributed by atoms with E-state index < -0.39 is 0 Å². The number of hydrogen-bond donors (Lipinski definition) is 0. The van der Waals surface area contributed by atoms with Crippen LogP contribution in [0.15, 0.2) is 0 Å². The van der Waals surface area contributed by atoms with Crippen molar-refractivity contribution in [3.63, 3.8) is 0 Å². The Morgan fingerprint density at radius 2 is 1.73 bits per heavy atom. The van der Waals surface area contributed by atoms with Gasteiger partial charge in [0, 0.05) is 5.92 Å². The van der Waals surface area contributed by atoms with E-state index in [1.807, 2.05) is 0 Å². The SMILES string of the molecule is [SiH3]OC(=S)C1CCCCCC1. The third-order valence-electron chi connectivity index (χ3n) is 2.39. The van der Waals surface area contributed by atoms with Crippen molar-refractivity contribution in [2.45, 2.75) is 38.5 Å². The molecule has 0 aromatic carbocycles. The smallest absolute Gasteiger partial charge is 0.204 e. The van der Waals surface area contributed by atoms with Crippen molar-refractivity contribution in [3.8, 4) is 0 Å². The van der Waals surface area contributed by atoms with Gasteiger partial charge in [-0.2, -0.15) is 0 Å². The second kappa shape index (κ2) is 4.88. The molecule has 0 aromatic heterocycles. The van der Waals surface area contributed by atoms with Crippen LogP contribution in [0.25, 0.3) is 0 Å². The molecule has 1 aliphatic rings. The van der Waals surface area contributed by atoms with Crippen LogP contribution in [0.3, 0.4) is 0 Å². The fourth-order valence-corrected chi connectivity index (χ4v) is 2.25. The summed E-state index contributed by atoms with van der Waals surface area (Å²) in [4.78, 5) is 0. The normalized spacial score (nSPS) is 21.1. The van der Waals surface area contributed by atoms with Crippen LogP contribution in [0, 0.1) is 5.92 Å². The zero-order valence-electron chi connectivity index (χ0n) is 7.14. The number of rotatable bonds is 1. The molecule has 1 nitrogen and oxygen atoms in total. The van der Waals surface area contributed by atoms with Crippen LogP contribution < -0.4 is 0 Å². The predicted octanol–water partition coefficient (Wildman–Crippen LogP) is 1.58. The van der Waals surface area contributed by atoms with Crippen LogP contribution >= 0.6 is 12.2 Å². The van der Waals surface area contributed by atoms with E-state index in [4.69, 9.17) is 16.6 Å². The van der Waals surface area contributed by atoms with Crippen molar-refractivity contribution in [3.05, 3.63) is 0 Å². The van der Waals surface area contributed by atoms with Crippen molar-refractivity contribution < 1.29 is 4.43 Å². The molecule has 11 heavy (non-hydrogen) atoms. The van der Waals surface area contributed by atoms with Gasteiger partial charge in [0.1, 0.15) is 5.05 Å². The molecule has 0 N–H and O–H groups in total. The first-order chi connectivity index (χ1) is 5.34. The Bertz CT molecular complexity index is 130. The fraction of sp³-hybridized carbons (Fsp3) is 0.875. The maximum atomic E-state index is 5.22. The molecule has 1 fully saturated rings. The van der Waals surface area contributed by atoms with Crippen LogP contribution in [0.1, 0.15) is 38.5 Å². The van der Waals surface area contributed by atoms with Gasteiger partial charge in [0.25, 0.3) is 0 Å². The van der Waals surface area contributed by atoms with Gasteiger partial charge in [-0.1, -0.05) is 25.7 Å². The minimum Gasteiger partial charge on any atom is -0.548 e. The molecule has 0 bridgehead atoms. The lowest BCUT2D eigenvalue weighted by Crippen LogP contribution is -2.13. The predicted molar refractivity (Wildman–Crippen MR) is 54.8 cm³/mol. The quantitative estimate of drug-likeness (QED) is 0.351. The lowest BCUT2D eigenvalue weighted by molar-refractivity contribution is 0.497. The lowest BCUT2D eigenvalue weighted by atomic mass is 10.0. The Kier molecular flexibility index (Phi) is 4.08. The van der Waals surface area contributed by atoms with Crippen molar-refractivity contribution in [2.75, 3.05) is 0 Å². The maximum Gasteiger partial charge on any atom is 0.204 e. The number of hydrogen-bond acceptors (Lipinski definition) is 2. The summed E-state index contributed by atoms with van der Waals surface area (Å²) in [7, 11) is 0.764. The summed E-state index contributed by atoms with van der Waals surface area (Å²) in [6, 6.07) is 0. The summed E-state index contributed by atoms with van der Waals surface area (Å²) >= 11 is 5.15. The number of thiocarbonyl (C=S) groups is 1. The van der Waals surface area contributed by atoms with E-state index in [1.165, 1.54) is 38.5 Å². The maximum absolute atomic E-state index is 5.22. The summed E-state index contributed by atoms with van der Waals surface area (Å²) in [6.07, 6.45) is 7.99. The molecule has 0 radical (unpaired) electrons. The second-order valence-corrected chi connectivity index (χ2v) is 4.02. The Morgan fingerprint density at radius 1 is 1.18 bits per heavy atom. The molecule has 0 unspecified atom stereocenters. The molecule has 0 aliphatic heterocycles. The Balaban J connectivity index is 2.36. The molecule has 0 heterocycles. The zero-order valence-corrected chi connectivity index (χ0v) is 9.95. The highest BCUT2D eigenvalue weighted by Gasteiger charge is 2.16. The fourth-order valence-electron chi connectivity index (χ4n) is 1.68. The summed E-state index contributed by atoms with van der Waals surface area (Å²) < 4.78 is 5.22. The van der Waals surface area contributed by atoms with Crippen LogP contribution in [0.2, 0.25) is 0 Å². The van der Waals surface area contributed by atoms with Gasteiger partial charge in [0.05, 0.1) is 0 Å². The van der Waals surface area contributed by atoms with Crippen LogP contribution in [0.4, 0.5) is 0 Å². The van der Waals surface area contributed by atoms with E-state index in [0.29, 0.717) is 5.92 Å². The van der Waals surface area contributed by atoms with Gasteiger partial charge in [-0.25, -0.2) is 0 Å². The minimum absolute atomic E-state index is 0.602. The van der Waals surface area contributed by atoms with E-state index in [9.17, 15) is 0 Å². The van der Waals surface area contributed by atoms with E-state index in [-0.39, 0.29) is 0 Å². The van der Waals surface area contributed by atoms with E-state index >= 15 is 0 Å². The molecule has 0 amide bonds. The van der Waals surface area contributed by atoms with Crippen molar-refractivity contribution in [1.82, 2.24) is 0 Å². The first kappa shape index (κ1) is 9.20. The monoisotopic (exact) mass is 188 g/mol. The molecule has 64 valence electrons. The van der Waals surface area contributed by atoms with Crippen molar-refractivity contribution in [2.24, 2.45) is 5.92 Å². The first-order valence-corrected chi connectivity index (χ1v) is 5.65. The highest BCUT2D eigenvalue weighted by molar-refractivity contribution is 7.80. The molecule has 1 rings (SSSR count). The highest BCUT2D eigenvalue weighted by Crippen LogP contribution is 2.24. The third kappa shape index (κ3) is 2.91. The van der Waals surface area contributed by atoms with Crippen LogP contribution in [-0.4, -0.2) is 15.5 Å². The lowest BCUT2D eigenvalue weighted by Gasteiger charge is -2.13. The van der Waals surface area contributed by atoms with Gasteiger partial charge in [-0.3, -0.25) is 0 Å². The van der Waals surface area contributed by atoms with E-state index in [2.05, 4.69) is 0 Å². The average Bonchev–Trinajstić information content (AvgIpc) is 2.30. The second-order valence-electron chi connectivity index (χ2n) is 3.21. The van der Waals surface area contributed by atoms with Gasteiger partial charge >= 0.3 is 0 Å². The average molecular weight is 188 g/mol. The molecule has 1 saturated carbocycles. The molecule has 0 saturated heterocycles. The topological polar surface area (TPSA) is 9.23 Å². The largest absolute Gasteiger partial charge is 0.548 e. The standard InChI is InChI=1S/C8H16OSSi/c10-8(9-11)7-5-3-1-2-4-6-7/h7H,1-6H2,11H3. The van der Waals surface area contributed by atoms with Gasteiger partial charge in [0.15, 0.2) is 0 Å². The highest BCUT2D eigenvalue weighted by atomic mass is 32.1. The van der Waals surface area contributed by atoms with Gasteiger partial charge < -0.3 is 4.43 Å². The van der Waals surface area contributed by atoms with Gasteiger partial charge in [-0.05, 0) is 25.1 Å². The molecular formula is C8H16OSSi. The molecular weight excluding hydrogens is 172 g/mol. The van der Waals surface area contributed by atoms with E-state index in [0.717, 1.165) is 15.5 Å². The van der Waals surface area contributed by atoms with Crippen molar-refractivity contribution in [1.29, 1.82) is 0 Å². The van der Waals surface area contributed by atoms with Crippen LogP contribution in [0.5, 0.6) is 0 Å². The first-order valence-electron chi connectivity index (χ1n) is 4.42. The molecule has 0 atom stereocenters. The molecule has 0 spiro atoms. The Hall–Kier alpha value is 0.107. The Labute approximate surface area is 77.1 Å². The summed E-state index contributed by atoms with van der Waals surface area (Å²) in [5.41, 5.74) is 0. The Morgan fingerprint density at radius 3 is 2.18 bits per heavy atom. The van der Waals surface area contributed by atoms with Crippen molar-refractivity contribution >= 4 is 27.8 Å². The summed E-state index contributed by atoms with van der Waals surface area (Å²) in [6.45, 7) is 0.